The van der Waals surface area contributed by atoms with Crippen LogP contribution in [0.5, 0.6) is 0 Å². The molecule has 0 aromatic rings. The molecule has 0 aliphatic heterocycles. The van der Waals surface area contributed by atoms with Gasteiger partial charge in [-0.15, -0.1) is 0 Å². The number of hydrogen-bond acceptors (Lipinski definition) is 6. The van der Waals surface area contributed by atoms with Crippen molar-refractivity contribution in [2.24, 2.45) is 20.5 Å². The van der Waals surface area contributed by atoms with E-state index in [1.165, 1.54) is 13.8 Å². The Morgan fingerprint density at radius 1 is 0.857 bits per heavy atom. The van der Waals surface area contributed by atoms with E-state index in [-0.39, 0.29) is 21.8 Å². The van der Waals surface area contributed by atoms with Crippen molar-refractivity contribution in [2.75, 3.05) is 0 Å². The van der Waals surface area contributed by atoms with Crippen molar-refractivity contribution in [1.82, 2.24) is 0 Å². The van der Waals surface area contributed by atoms with Crippen molar-refractivity contribution in [3.05, 3.63) is 0 Å². The van der Waals surface area contributed by atoms with Crippen molar-refractivity contribution >= 4 is 45.0 Å². The predicted molar refractivity (Wildman–Crippen MR) is 56.4 cm³/mol. The van der Waals surface area contributed by atoms with Crippen LogP contribution in [-0.2, 0) is 0 Å². The number of oxime groups is 2. The Labute approximate surface area is 90.2 Å². The maximum atomic E-state index is 8.26. The fourth-order valence-corrected chi connectivity index (χ4v) is 0.453. The quantitative estimate of drug-likeness (QED) is 0.447. The van der Waals surface area contributed by atoms with Gasteiger partial charge in [-0.3, -0.25) is 0 Å². The van der Waals surface area contributed by atoms with E-state index in [0.29, 0.717) is 0 Å². The van der Waals surface area contributed by atoms with Crippen LogP contribution in [-0.4, -0.2) is 32.2 Å². The van der Waals surface area contributed by atoms with Crippen LogP contribution in [0.3, 0.4) is 0 Å². The van der Waals surface area contributed by atoms with Gasteiger partial charge in [-0.1, -0.05) is 33.5 Å². The van der Waals surface area contributed by atoms with Crippen LogP contribution < -0.4 is 0 Å². The maximum Gasteiger partial charge on any atom is 0.191 e. The second-order valence-corrected chi connectivity index (χ2v) is 2.87. The molecule has 0 aromatic heterocycles. The lowest BCUT2D eigenvalue weighted by Crippen LogP contribution is -2.05. The summed E-state index contributed by atoms with van der Waals surface area (Å²) in [4.78, 5) is 0. The molecule has 0 unspecified atom stereocenters. The predicted octanol–water partition coefficient (Wildman–Crippen LogP) is 1.88. The number of rotatable bonds is 3. The molecule has 0 saturated heterocycles. The van der Waals surface area contributed by atoms with E-state index in [2.05, 4.69) is 20.5 Å². The lowest BCUT2D eigenvalue weighted by Gasteiger charge is -1.93. The third-order valence-electron chi connectivity index (χ3n) is 1.12. The van der Waals surface area contributed by atoms with Crippen LogP contribution in [0.25, 0.3) is 0 Å². The standard InChI is InChI=1S/C6H8Cl2N4O2/c1-3(5(7)11-13)9-10-4(2)6(8)12-14/h13-14H,1-2H3/b9-3-,10-4-,11-5-,12-6-. The highest BCUT2D eigenvalue weighted by atomic mass is 35.5. The molecule has 0 saturated carbocycles. The molecule has 78 valence electrons. The normalized spacial score (nSPS) is 16.0. The summed E-state index contributed by atoms with van der Waals surface area (Å²) < 4.78 is 0. The fourth-order valence-electron chi connectivity index (χ4n) is 0.377. The van der Waals surface area contributed by atoms with Gasteiger partial charge >= 0.3 is 0 Å². The van der Waals surface area contributed by atoms with E-state index in [9.17, 15) is 0 Å². The monoisotopic (exact) mass is 238 g/mol. The van der Waals surface area contributed by atoms with Crippen LogP contribution in [0, 0.1) is 0 Å². The molecule has 8 heteroatoms. The van der Waals surface area contributed by atoms with Gasteiger partial charge in [0, 0.05) is 0 Å². The molecule has 6 nitrogen and oxygen atoms in total. The van der Waals surface area contributed by atoms with Crippen LogP contribution in [0.1, 0.15) is 13.8 Å². The Morgan fingerprint density at radius 2 is 1.14 bits per heavy atom. The largest absolute Gasteiger partial charge is 0.410 e. The van der Waals surface area contributed by atoms with Crippen LogP contribution >= 0.6 is 23.2 Å². The summed E-state index contributed by atoms with van der Waals surface area (Å²) in [7, 11) is 0. The minimum atomic E-state index is -0.182. The van der Waals surface area contributed by atoms with E-state index in [1.54, 1.807) is 0 Å². The Kier molecular flexibility index (Phi) is 5.82. The highest BCUT2D eigenvalue weighted by Crippen LogP contribution is 1.94. The summed E-state index contributed by atoms with van der Waals surface area (Å²) >= 11 is 10.8. The summed E-state index contributed by atoms with van der Waals surface area (Å²) in [6.45, 7) is 2.98. The Bertz CT molecular complexity index is 290. The maximum absolute atomic E-state index is 8.26. The second-order valence-electron chi connectivity index (χ2n) is 2.15. The first-order chi connectivity index (χ1) is 6.52. The number of hydrogen-bond donors (Lipinski definition) is 2. The average molecular weight is 239 g/mol. The third-order valence-corrected chi connectivity index (χ3v) is 1.82. The summed E-state index contributed by atoms with van der Waals surface area (Å²) in [6.07, 6.45) is 0. The fraction of sp³-hybridized carbons (Fsp3) is 0.333. The topological polar surface area (TPSA) is 89.9 Å². The zero-order valence-corrected chi connectivity index (χ0v) is 8.95. The number of halogens is 2. The minimum absolute atomic E-state index is 0.182. The van der Waals surface area contributed by atoms with Crippen molar-refractivity contribution < 1.29 is 10.4 Å². The molecule has 0 aromatic carbocycles. The van der Waals surface area contributed by atoms with Gasteiger partial charge in [-0.25, -0.2) is 0 Å². The summed E-state index contributed by atoms with van der Waals surface area (Å²) in [5, 5.41) is 28.7. The molecule has 0 radical (unpaired) electrons. The van der Waals surface area contributed by atoms with Gasteiger partial charge in [0.25, 0.3) is 0 Å². The lowest BCUT2D eigenvalue weighted by molar-refractivity contribution is 0.321. The first kappa shape index (κ1) is 12.9. The van der Waals surface area contributed by atoms with E-state index < -0.39 is 0 Å². The van der Waals surface area contributed by atoms with Crippen LogP contribution in [0.15, 0.2) is 20.5 Å². The molecule has 0 atom stereocenters. The molecule has 0 aliphatic rings. The van der Waals surface area contributed by atoms with Crippen molar-refractivity contribution in [3.63, 3.8) is 0 Å². The lowest BCUT2D eigenvalue weighted by atomic mass is 10.4. The van der Waals surface area contributed by atoms with Gasteiger partial charge in [-0.2, -0.15) is 10.2 Å². The molecule has 0 spiro atoms. The van der Waals surface area contributed by atoms with Crippen LogP contribution in [0.4, 0.5) is 0 Å². The molecular formula is C6H8Cl2N4O2. The average Bonchev–Trinajstić information content (AvgIpc) is 2.22. The van der Waals surface area contributed by atoms with Gasteiger partial charge in [0.2, 0.25) is 0 Å². The van der Waals surface area contributed by atoms with E-state index >= 15 is 0 Å². The summed E-state index contributed by atoms with van der Waals surface area (Å²) in [5.41, 5.74) is 0.409. The Balaban J connectivity index is 4.71. The molecule has 0 amide bonds. The Morgan fingerprint density at radius 3 is 1.36 bits per heavy atom. The molecule has 0 aliphatic carbocycles. The smallest absolute Gasteiger partial charge is 0.191 e. The van der Waals surface area contributed by atoms with Crippen molar-refractivity contribution in [2.45, 2.75) is 13.8 Å². The first-order valence-electron chi connectivity index (χ1n) is 3.37. The molecule has 14 heavy (non-hydrogen) atoms. The zero-order chi connectivity index (χ0) is 11.1. The SMILES string of the molecule is CC(=N/N=C(C)\C(Cl)=N\O)/C(Cl)=N/O. The number of nitrogens with zero attached hydrogens (tertiary/aromatic N) is 4. The summed E-state index contributed by atoms with van der Waals surface area (Å²) in [6, 6.07) is 0. The molecule has 2 N–H and O–H groups in total. The van der Waals surface area contributed by atoms with Gasteiger partial charge in [0.1, 0.15) is 11.4 Å². The highest BCUT2D eigenvalue weighted by Gasteiger charge is 2.01. The van der Waals surface area contributed by atoms with Crippen LogP contribution in [0.2, 0.25) is 0 Å². The molecular weight excluding hydrogens is 231 g/mol. The second kappa shape index (κ2) is 6.33. The highest BCUT2D eigenvalue weighted by molar-refractivity contribution is 6.84. The van der Waals surface area contributed by atoms with E-state index in [4.69, 9.17) is 33.6 Å². The van der Waals surface area contributed by atoms with Gasteiger partial charge in [-0.05, 0) is 13.8 Å². The van der Waals surface area contributed by atoms with Gasteiger partial charge in [0.05, 0.1) is 0 Å². The molecule has 0 rings (SSSR count). The van der Waals surface area contributed by atoms with Gasteiger partial charge in [0.15, 0.2) is 10.3 Å². The summed E-state index contributed by atoms with van der Waals surface area (Å²) in [5.74, 6) is 0. The van der Waals surface area contributed by atoms with E-state index in [1.807, 2.05) is 0 Å². The first-order valence-corrected chi connectivity index (χ1v) is 4.13. The minimum Gasteiger partial charge on any atom is -0.410 e. The van der Waals surface area contributed by atoms with E-state index in [0.717, 1.165) is 0 Å². The van der Waals surface area contributed by atoms with Crippen molar-refractivity contribution in [3.8, 4) is 0 Å². The molecule has 0 bridgehead atoms. The molecule has 0 fully saturated rings. The van der Waals surface area contributed by atoms with Gasteiger partial charge < -0.3 is 10.4 Å². The zero-order valence-electron chi connectivity index (χ0n) is 7.44. The van der Waals surface area contributed by atoms with Crippen molar-refractivity contribution in [1.29, 1.82) is 0 Å². The third kappa shape index (κ3) is 4.20. The Hall–Kier alpha value is -1.14. The molecule has 0 heterocycles.